The zero-order valence-electron chi connectivity index (χ0n) is 14.3. The zero-order chi connectivity index (χ0) is 18.6. The van der Waals surface area contributed by atoms with Crippen molar-refractivity contribution in [2.45, 2.75) is 19.0 Å². The number of carbonyl (C=O) groups excluding carboxylic acids is 1. The van der Waals surface area contributed by atoms with Crippen LogP contribution in [-0.4, -0.2) is 43.4 Å². The maximum atomic E-state index is 13.1. The van der Waals surface area contributed by atoms with Gasteiger partial charge in [-0.2, -0.15) is 0 Å². The molecule has 1 unspecified atom stereocenters. The van der Waals surface area contributed by atoms with Crippen LogP contribution < -0.4 is 4.74 Å². The van der Waals surface area contributed by atoms with Crippen LogP contribution in [0.3, 0.4) is 0 Å². The van der Waals surface area contributed by atoms with E-state index < -0.39 is 9.84 Å². The third kappa shape index (κ3) is 4.53. The summed E-state index contributed by atoms with van der Waals surface area (Å²) < 4.78 is 29.2. The van der Waals surface area contributed by atoms with E-state index in [4.69, 9.17) is 4.74 Å². The van der Waals surface area contributed by atoms with Crippen molar-refractivity contribution in [3.05, 3.63) is 64.9 Å². The summed E-state index contributed by atoms with van der Waals surface area (Å²) in [5.41, 5.74) is 0.525. The number of carbonyl (C=O) groups is 1. The Bertz CT molecular complexity index is 857. The van der Waals surface area contributed by atoms with Crippen LogP contribution in [-0.2, 0) is 16.4 Å². The van der Waals surface area contributed by atoms with Crippen molar-refractivity contribution in [3.63, 3.8) is 0 Å². The molecule has 1 aromatic carbocycles. The van der Waals surface area contributed by atoms with Crippen molar-refractivity contribution in [1.82, 2.24) is 4.90 Å². The monoisotopic (exact) mass is 391 g/mol. The number of nitrogens with zero attached hydrogens (tertiary/aromatic N) is 1. The summed E-state index contributed by atoms with van der Waals surface area (Å²) >= 11 is 1.56. The van der Waals surface area contributed by atoms with Crippen molar-refractivity contribution in [3.8, 4) is 5.75 Å². The lowest BCUT2D eigenvalue weighted by molar-refractivity contribution is 0.0683. The molecule has 2 heterocycles. The molecule has 26 heavy (non-hydrogen) atoms. The molecule has 138 valence electrons. The van der Waals surface area contributed by atoms with Crippen LogP contribution in [0.5, 0.6) is 5.75 Å². The highest BCUT2D eigenvalue weighted by atomic mass is 32.2. The van der Waals surface area contributed by atoms with Crippen LogP contribution in [0.1, 0.15) is 21.7 Å². The summed E-state index contributed by atoms with van der Waals surface area (Å²) in [6.45, 7) is 4.42. The molecular formula is C19H21NO4S2. The van der Waals surface area contributed by atoms with Crippen molar-refractivity contribution < 1.29 is 17.9 Å². The van der Waals surface area contributed by atoms with Gasteiger partial charge in [0, 0.05) is 16.5 Å². The Balaban J connectivity index is 1.81. The Kier molecular flexibility index (Phi) is 5.78. The molecule has 0 saturated carbocycles. The summed E-state index contributed by atoms with van der Waals surface area (Å²) in [5, 5.41) is 1.95. The molecule has 1 aliphatic rings. The van der Waals surface area contributed by atoms with Crippen LogP contribution in [0.25, 0.3) is 0 Å². The number of rotatable bonds is 7. The average Bonchev–Trinajstić information content (AvgIpc) is 3.27. The minimum Gasteiger partial charge on any atom is -0.490 e. The molecule has 1 aromatic heterocycles. The molecule has 0 N–H and O–H groups in total. The van der Waals surface area contributed by atoms with Gasteiger partial charge in [-0.15, -0.1) is 11.3 Å². The molecule has 1 fully saturated rings. The quantitative estimate of drug-likeness (QED) is 0.680. The van der Waals surface area contributed by atoms with Crippen LogP contribution in [0.15, 0.2) is 54.4 Å². The molecule has 5 nitrogen and oxygen atoms in total. The molecule has 0 aliphatic carbocycles. The Morgan fingerprint density at radius 2 is 2.08 bits per heavy atom. The number of hydrogen-bond donors (Lipinski definition) is 0. The topological polar surface area (TPSA) is 63.7 Å². The highest BCUT2D eigenvalue weighted by Gasteiger charge is 2.35. The third-order valence-electron chi connectivity index (χ3n) is 4.29. The number of benzene rings is 1. The van der Waals surface area contributed by atoms with Crippen molar-refractivity contribution in [2.24, 2.45) is 0 Å². The van der Waals surface area contributed by atoms with Crippen LogP contribution in [0.2, 0.25) is 0 Å². The van der Waals surface area contributed by atoms with Crippen molar-refractivity contribution in [2.75, 3.05) is 18.1 Å². The maximum absolute atomic E-state index is 13.1. The van der Waals surface area contributed by atoms with Gasteiger partial charge in [-0.05, 0) is 42.1 Å². The lowest BCUT2D eigenvalue weighted by Crippen LogP contribution is -2.40. The van der Waals surface area contributed by atoms with E-state index >= 15 is 0 Å². The van der Waals surface area contributed by atoms with Gasteiger partial charge in [0.15, 0.2) is 9.84 Å². The molecule has 1 aliphatic heterocycles. The fourth-order valence-corrected chi connectivity index (χ4v) is 5.41. The number of thiophene rings is 1. The third-order valence-corrected chi connectivity index (χ3v) is 6.90. The summed E-state index contributed by atoms with van der Waals surface area (Å²) in [6, 6.07) is 10.5. The predicted octanol–water partition coefficient (Wildman–Crippen LogP) is 3.14. The van der Waals surface area contributed by atoms with Crippen LogP contribution >= 0.6 is 11.3 Å². The minimum absolute atomic E-state index is 0.0324. The zero-order valence-corrected chi connectivity index (χ0v) is 16.0. The van der Waals surface area contributed by atoms with Gasteiger partial charge in [0.1, 0.15) is 12.4 Å². The molecular weight excluding hydrogens is 370 g/mol. The van der Waals surface area contributed by atoms with E-state index in [1.165, 1.54) is 0 Å². The van der Waals surface area contributed by atoms with Gasteiger partial charge in [0.25, 0.3) is 5.91 Å². The number of sulfone groups is 1. The SMILES string of the molecule is C=CCOc1ccc(C(=O)N(Cc2cccs2)C2CCS(=O)(=O)C2)cc1. The van der Waals surface area contributed by atoms with E-state index in [0.717, 1.165) is 4.88 Å². The van der Waals surface area contributed by atoms with Gasteiger partial charge in [0.05, 0.1) is 18.1 Å². The second-order valence-electron chi connectivity index (χ2n) is 6.19. The van der Waals surface area contributed by atoms with Crippen LogP contribution in [0, 0.1) is 0 Å². The summed E-state index contributed by atoms with van der Waals surface area (Å²) in [7, 11) is -3.07. The Morgan fingerprint density at radius 3 is 2.65 bits per heavy atom. The first kappa shape index (κ1) is 18.7. The first-order valence-electron chi connectivity index (χ1n) is 8.36. The maximum Gasteiger partial charge on any atom is 0.254 e. The second kappa shape index (κ2) is 8.05. The van der Waals surface area contributed by atoms with E-state index in [1.54, 1.807) is 46.6 Å². The van der Waals surface area contributed by atoms with Gasteiger partial charge in [-0.1, -0.05) is 18.7 Å². The van der Waals surface area contributed by atoms with Gasteiger partial charge in [0.2, 0.25) is 0 Å². The number of ether oxygens (including phenoxy) is 1. The highest BCUT2D eigenvalue weighted by molar-refractivity contribution is 7.91. The predicted molar refractivity (Wildman–Crippen MR) is 103 cm³/mol. The molecule has 0 bridgehead atoms. The lowest BCUT2D eigenvalue weighted by Gasteiger charge is -2.28. The van der Waals surface area contributed by atoms with Gasteiger partial charge in [-0.25, -0.2) is 8.42 Å². The lowest BCUT2D eigenvalue weighted by atomic mass is 10.1. The summed E-state index contributed by atoms with van der Waals surface area (Å²) in [4.78, 5) is 15.8. The molecule has 2 aromatic rings. The minimum atomic E-state index is -3.07. The molecule has 1 saturated heterocycles. The van der Waals surface area contributed by atoms with E-state index in [9.17, 15) is 13.2 Å². The normalized spacial score (nSPS) is 18.4. The average molecular weight is 392 g/mol. The van der Waals surface area contributed by atoms with Gasteiger partial charge < -0.3 is 9.64 Å². The van der Waals surface area contributed by atoms with Crippen LogP contribution in [0.4, 0.5) is 0 Å². The van der Waals surface area contributed by atoms with E-state index in [2.05, 4.69) is 6.58 Å². The first-order chi connectivity index (χ1) is 12.5. The molecule has 0 radical (unpaired) electrons. The highest BCUT2D eigenvalue weighted by Crippen LogP contribution is 2.24. The Labute approximate surface area is 157 Å². The standard InChI is InChI=1S/C19H21NO4S2/c1-2-10-24-17-7-5-15(6-8-17)19(21)20(13-18-4-3-11-25-18)16-9-12-26(22,23)14-16/h2-8,11,16H,1,9-10,12-14H2. The molecule has 1 atom stereocenters. The Morgan fingerprint density at radius 1 is 1.31 bits per heavy atom. The Hall–Kier alpha value is -2.12. The van der Waals surface area contributed by atoms with E-state index in [-0.39, 0.29) is 23.5 Å². The largest absolute Gasteiger partial charge is 0.490 e. The van der Waals surface area contributed by atoms with E-state index in [1.807, 2.05) is 17.5 Å². The van der Waals surface area contributed by atoms with Crippen molar-refractivity contribution >= 4 is 27.1 Å². The second-order valence-corrected chi connectivity index (χ2v) is 9.45. The molecule has 7 heteroatoms. The van der Waals surface area contributed by atoms with Gasteiger partial charge in [-0.3, -0.25) is 4.79 Å². The fourth-order valence-electron chi connectivity index (χ4n) is 2.97. The summed E-state index contributed by atoms with van der Waals surface area (Å²) in [5.74, 6) is 0.677. The van der Waals surface area contributed by atoms with Crippen molar-refractivity contribution in [1.29, 1.82) is 0 Å². The smallest absolute Gasteiger partial charge is 0.254 e. The van der Waals surface area contributed by atoms with E-state index in [0.29, 0.717) is 30.9 Å². The fraction of sp³-hybridized carbons (Fsp3) is 0.316. The first-order valence-corrected chi connectivity index (χ1v) is 11.1. The number of hydrogen-bond acceptors (Lipinski definition) is 5. The molecule has 3 rings (SSSR count). The molecule has 1 amide bonds. The summed E-state index contributed by atoms with van der Waals surface area (Å²) in [6.07, 6.45) is 2.14. The number of amides is 1. The molecule has 0 spiro atoms. The van der Waals surface area contributed by atoms with Gasteiger partial charge >= 0.3 is 0 Å².